The van der Waals surface area contributed by atoms with Crippen molar-refractivity contribution in [2.24, 2.45) is 9.98 Å². The van der Waals surface area contributed by atoms with Gasteiger partial charge in [0.1, 0.15) is 11.5 Å². The number of phenolic OH excluding ortho intramolecular Hbond substituents is 2. The van der Waals surface area contributed by atoms with Gasteiger partial charge in [-0.15, -0.1) is 0 Å². The second-order valence-corrected chi connectivity index (χ2v) is 6.32. The Balaban J connectivity index is 1.51. The van der Waals surface area contributed by atoms with E-state index in [2.05, 4.69) is 9.98 Å². The number of nitrogens with zero attached hydrogens (tertiary/aromatic N) is 2. The summed E-state index contributed by atoms with van der Waals surface area (Å²) in [5, 5.41) is 19.8. The van der Waals surface area contributed by atoms with Crippen molar-refractivity contribution in [3.63, 3.8) is 0 Å². The lowest BCUT2D eigenvalue weighted by Crippen LogP contribution is -2.08. The van der Waals surface area contributed by atoms with Gasteiger partial charge in [0.15, 0.2) is 0 Å². The van der Waals surface area contributed by atoms with Crippen LogP contribution in [0.2, 0.25) is 0 Å². The maximum Gasteiger partial charge on any atom is 0.127 e. The minimum atomic E-state index is 0.265. The molecule has 0 fully saturated rings. The number of hydrogen-bond donors (Lipinski definition) is 2. The van der Waals surface area contributed by atoms with E-state index >= 15 is 0 Å². The molecule has 2 rings (SSSR count). The van der Waals surface area contributed by atoms with Crippen LogP contribution in [0.15, 0.2) is 46.4 Å². The van der Waals surface area contributed by atoms with Gasteiger partial charge in [0, 0.05) is 23.6 Å². The molecule has 0 unspecified atom stereocenters. The Hall–Kier alpha value is -2.70. The van der Waals surface area contributed by atoms with Crippen LogP contribution in [0.25, 0.3) is 0 Å². The molecule has 2 N–H and O–H groups in total. The number of aliphatic imine (C=N–C) groups is 2. The molecule has 0 aromatic heterocycles. The molecule has 0 aliphatic carbocycles. The highest BCUT2D eigenvalue weighted by Crippen LogP contribution is 2.20. The number of aryl methyl sites for hydroxylation is 2. The molecule has 0 aliphatic rings. The SMILES string of the molecule is Cc1cccc(C=NCCOCCOCCN=Cc2cccc(C)c2O)c1O. The van der Waals surface area contributed by atoms with Crippen LogP contribution in [-0.2, 0) is 9.47 Å². The summed E-state index contributed by atoms with van der Waals surface area (Å²) in [5.41, 5.74) is 3.08. The molecule has 0 saturated heterocycles. The first kappa shape index (κ1) is 21.6. The van der Waals surface area contributed by atoms with Gasteiger partial charge in [0.2, 0.25) is 0 Å². The van der Waals surface area contributed by atoms with Crippen LogP contribution in [-0.4, -0.2) is 62.2 Å². The van der Waals surface area contributed by atoms with Crippen LogP contribution < -0.4 is 0 Å². The molecule has 2 aromatic carbocycles. The van der Waals surface area contributed by atoms with E-state index in [-0.39, 0.29) is 11.5 Å². The van der Waals surface area contributed by atoms with E-state index < -0.39 is 0 Å². The highest BCUT2D eigenvalue weighted by atomic mass is 16.5. The smallest absolute Gasteiger partial charge is 0.127 e. The normalized spacial score (nSPS) is 11.6. The van der Waals surface area contributed by atoms with Gasteiger partial charge < -0.3 is 19.7 Å². The first-order chi connectivity index (χ1) is 13.6. The number of hydrogen-bond acceptors (Lipinski definition) is 6. The Labute approximate surface area is 166 Å². The van der Waals surface area contributed by atoms with Crippen molar-refractivity contribution in [1.29, 1.82) is 0 Å². The predicted octanol–water partition coefficient (Wildman–Crippen LogP) is 3.29. The molecule has 2 aromatic rings. The second-order valence-electron chi connectivity index (χ2n) is 6.32. The zero-order chi connectivity index (χ0) is 20.2. The molecule has 0 atom stereocenters. The fraction of sp³-hybridized carbons (Fsp3) is 0.364. The summed E-state index contributed by atoms with van der Waals surface area (Å²) in [7, 11) is 0. The third-order valence-corrected chi connectivity index (χ3v) is 4.10. The quantitative estimate of drug-likeness (QED) is 0.460. The van der Waals surface area contributed by atoms with Gasteiger partial charge in [0.25, 0.3) is 0 Å². The number of rotatable bonds is 11. The molecule has 0 amide bonds. The van der Waals surface area contributed by atoms with Crippen molar-refractivity contribution in [3.05, 3.63) is 58.7 Å². The Kier molecular flexibility index (Phi) is 9.18. The van der Waals surface area contributed by atoms with E-state index in [9.17, 15) is 10.2 Å². The van der Waals surface area contributed by atoms with Gasteiger partial charge in [-0.3, -0.25) is 9.98 Å². The first-order valence-corrected chi connectivity index (χ1v) is 9.32. The van der Waals surface area contributed by atoms with Crippen LogP contribution in [0.5, 0.6) is 11.5 Å². The largest absolute Gasteiger partial charge is 0.507 e. The van der Waals surface area contributed by atoms with Crippen LogP contribution in [0, 0.1) is 13.8 Å². The van der Waals surface area contributed by atoms with E-state index in [1.54, 1.807) is 12.4 Å². The number of phenols is 2. The topological polar surface area (TPSA) is 83.6 Å². The average molecular weight is 384 g/mol. The van der Waals surface area contributed by atoms with Crippen molar-refractivity contribution in [1.82, 2.24) is 0 Å². The Morgan fingerprint density at radius 1 is 0.714 bits per heavy atom. The van der Waals surface area contributed by atoms with Gasteiger partial charge in [-0.2, -0.15) is 0 Å². The van der Waals surface area contributed by atoms with E-state index in [1.807, 2.05) is 50.2 Å². The minimum Gasteiger partial charge on any atom is -0.507 e. The van der Waals surface area contributed by atoms with Crippen molar-refractivity contribution in [2.75, 3.05) is 39.5 Å². The monoisotopic (exact) mass is 384 g/mol. The molecule has 28 heavy (non-hydrogen) atoms. The van der Waals surface area contributed by atoms with E-state index in [1.165, 1.54) is 0 Å². The zero-order valence-corrected chi connectivity index (χ0v) is 16.5. The molecule has 0 heterocycles. The average Bonchev–Trinajstić information content (AvgIpc) is 2.69. The molecule has 0 radical (unpaired) electrons. The van der Waals surface area contributed by atoms with Gasteiger partial charge >= 0.3 is 0 Å². The summed E-state index contributed by atoms with van der Waals surface area (Å²) in [5.74, 6) is 0.529. The molecular weight excluding hydrogens is 356 g/mol. The lowest BCUT2D eigenvalue weighted by atomic mass is 10.1. The molecule has 0 spiro atoms. The highest BCUT2D eigenvalue weighted by Gasteiger charge is 2.00. The van der Waals surface area contributed by atoms with Gasteiger partial charge in [0.05, 0.1) is 39.5 Å². The fourth-order valence-corrected chi connectivity index (χ4v) is 2.45. The Morgan fingerprint density at radius 2 is 1.14 bits per heavy atom. The summed E-state index contributed by atoms with van der Waals surface area (Å²) in [4.78, 5) is 8.51. The van der Waals surface area contributed by atoms with Gasteiger partial charge in [-0.25, -0.2) is 0 Å². The molecule has 0 saturated carbocycles. The summed E-state index contributed by atoms with van der Waals surface area (Å²) in [6.45, 7) is 6.74. The summed E-state index contributed by atoms with van der Waals surface area (Å²) >= 11 is 0. The van der Waals surface area contributed by atoms with Crippen LogP contribution >= 0.6 is 0 Å². The molecule has 6 nitrogen and oxygen atoms in total. The van der Waals surface area contributed by atoms with Crippen LogP contribution in [0.4, 0.5) is 0 Å². The van der Waals surface area contributed by atoms with E-state index in [4.69, 9.17) is 9.47 Å². The summed E-state index contributed by atoms with van der Waals surface area (Å²) < 4.78 is 10.9. The predicted molar refractivity (Wildman–Crippen MR) is 112 cm³/mol. The van der Waals surface area contributed by atoms with Gasteiger partial charge in [-0.05, 0) is 37.1 Å². The third kappa shape index (κ3) is 7.13. The number of para-hydroxylation sites is 2. The summed E-state index contributed by atoms with van der Waals surface area (Å²) in [6.07, 6.45) is 3.32. The van der Waals surface area contributed by atoms with Crippen molar-refractivity contribution < 1.29 is 19.7 Å². The lowest BCUT2D eigenvalue weighted by molar-refractivity contribution is 0.0541. The Morgan fingerprint density at radius 3 is 1.57 bits per heavy atom. The van der Waals surface area contributed by atoms with Crippen molar-refractivity contribution >= 4 is 12.4 Å². The molecule has 0 bridgehead atoms. The Bertz CT molecular complexity index is 736. The fourth-order valence-electron chi connectivity index (χ4n) is 2.45. The highest BCUT2D eigenvalue weighted by molar-refractivity contribution is 5.84. The number of ether oxygens (including phenoxy) is 2. The summed E-state index contributed by atoms with van der Waals surface area (Å²) in [6, 6.07) is 11.1. The van der Waals surface area contributed by atoms with Crippen molar-refractivity contribution in [2.45, 2.75) is 13.8 Å². The molecular formula is C22H28N2O4. The lowest BCUT2D eigenvalue weighted by Gasteiger charge is -2.04. The van der Waals surface area contributed by atoms with Crippen LogP contribution in [0.3, 0.4) is 0 Å². The zero-order valence-electron chi connectivity index (χ0n) is 16.5. The minimum absolute atomic E-state index is 0.265. The van der Waals surface area contributed by atoms with E-state index in [0.717, 1.165) is 11.1 Å². The van der Waals surface area contributed by atoms with Crippen LogP contribution in [0.1, 0.15) is 22.3 Å². The maximum atomic E-state index is 9.89. The number of benzene rings is 2. The number of aromatic hydroxyl groups is 2. The maximum absolute atomic E-state index is 9.89. The molecule has 6 heteroatoms. The standard InChI is InChI=1S/C22H28N2O4/c1-17-5-3-7-19(21(17)25)15-23-9-11-27-13-14-28-12-10-24-16-20-8-4-6-18(2)22(20)26/h3-8,15-16,25-26H,9-14H2,1-2H3. The van der Waals surface area contributed by atoms with E-state index in [0.29, 0.717) is 50.6 Å². The third-order valence-electron chi connectivity index (χ3n) is 4.10. The molecule has 150 valence electrons. The molecule has 0 aliphatic heterocycles. The second kappa shape index (κ2) is 11.9. The van der Waals surface area contributed by atoms with Gasteiger partial charge in [-0.1, -0.05) is 24.3 Å². The van der Waals surface area contributed by atoms with Crippen molar-refractivity contribution in [3.8, 4) is 11.5 Å². The first-order valence-electron chi connectivity index (χ1n) is 9.32.